The highest BCUT2D eigenvalue weighted by Crippen LogP contribution is 2.38. The topological polar surface area (TPSA) is 123 Å². The summed E-state index contributed by atoms with van der Waals surface area (Å²) in [6.07, 6.45) is 0.279. The molecule has 1 atom stereocenters. The number of carbonyl (C=O) groups is 3. The third kappa shape index (κ3) is 8.33. The minimum atomic E-state index is -1.04. The van der Waals surface area contributed by atoms with Crippen LogP contribution in [0.25, 0.3) is 0 Å². The Hall–Kier alpha value is -4.34. The van der Waals surface area contributed by atoms with E-state index in [4.69, 9.17) is 14.0 Å². The van der Waals surface area contributed by atoms with Gasteiger partial charge in [-0.1, -0.05) is 47.6 Å². The number of benzene rings is 2. The number of ether oxygens (including phenoxy) is 2. The molecule has 1 heterocycles. The van der Waals surface area contributed by atoms with Crippen LogP contribution in [-0.2, 0) is 20.8 Å². The van der Waals surface area contributed by atoms with Gasteiger partial charge < -0.3 is 29.5 Å². The van der Waals surface area contributed by atoms with Gasteiger partial charge in [-0.3, -0.25) is 14.4 Å². The van der Waals surface area contributed by atoms with E-state index in [9.17, 15) is 14.4 Å². The minimum absolute atomic E-state index is 0.102. The van der Waals surface area contributed by atoms with E-state index < -0.39 is 11.6 Å². The van der Waals surface area contributed by atoms with Crippen molar-refractivity contribution in [2.75, 3.05) is 26.1 Å². The second-order valence-corrected chi connectivity index (χ2v) is 10.4. The molecule has 0 unspecified atom stereocenters. The van der Waals surface area contributed by atoms with Crippen LogP contribution in [-0.4, -0.2) is 54.1 Å². The van der Waals surface area contributed by atoms with Gasteiger partial charge in [-0.2, -0.15) is 0 Å². The van der Waals surface area contributed by atoms with Gasteiger partial charge in [0.25, 0.3) is 0 Å². The maximum absolute atomic E-state index is 13.9. The fourth-order valence-electron chi connectivity index (χ4n) is 4.30. The van der Waals surface area contributed by atoms with Gasteiger partial charge in [0.05, 0.1) is 14.2 Å². The molecule has 10 heteroatoms. The number of aryl methyl sites for hydroxylation is 1. The molecule has 1 aromatic heterocycles. The molecule has 3 rings (SSSR count). The third-order valence-corrected chi connectivity index (χ3v) is 6.05. The lowest BCUT2D eigenvalue weighted by Gasteiger charge is -2.34. The highest BCUT2D eigenvalue weighted by Gasteiger charge is 2.36. The molecule has 0 fully saturated rings. The zero-order valence-electron chi connectivity index (χ0n) is 23.9. The SMILES string of the molecule is COc1cccc([C@@H](C(=O)NC(C)(C)C)N(CCc2ccccc2)C(=O)CCC(=O)Nc2cc(C)on2)c1OC. The van der Waals surface area contributed by atoms with E-state index in [1.54, 1.807) is 31.2 Å². The monoisotopic (exact) mass is 550 g/mol. The predicted molar refractivity (Wildman–Crippen MR) is 151 cm³/mol. The first-order valence-electron chi connectivity index (χ1n) is 13.1. The summed E-state index contributed by atoms with van der Waals surface area (Å²) in [5.74, 6) is 0.503. The van der Waals surface area contributed by atoms with Gasteiger partial charge in [0.1, 0.15) is 11.8 Å². The van der Waals surface area contributed by atoms with Crippen LogP contribution < -0.4 is 20.1 Å². The van der Waals surface area contributed by atoms with Crippen LogP contribution in [0, 0.1) is 6.92 Å². The molecule has 0 saturated carbocycles. The molecule has 10 nitrogen and oxygen atoms in total. The quantitative estimate of drug-likeness (QED) is 0.342. The van der Waals surface area contributed by atoms with Gasteiger partial charge in [0, 0.05) is 36.6 Å². The normalized spacial score (nSPS) is 11.8. The highest BCUT2D eigenvalue weighted by atomic mass is 16.5. The molecule has 3 aromatic rings. The molecule has 0 aliphatic heterocycles. The van der Waals surface area contributed by atoms with Crippen molar-refractivity contribution >= 4 is 23.5 Å². The Morgan fingerprint density at radius 1 is 1.00 bits per heavy atom. The smallest absolute Gasteiger partial charge is 0.247 e. The molecule has 0 saturated heterocycles. The van der Waals surface area contributed by atoms with Crippen molar-refractivity contribution in [1.29, 1.82) is 0 Å². The molecule has 40 heavy (non-hydrogen) atoms. The summed E-state index contributed by atoms with van der Waals surface area (Å²) in [4.78, 5) is 41.8. The van der Waals surface area contributed by atoms with Gasteiger partial charge in [0.15, 0.2) is 17.3 Å². The van der Waals surface area contributed by atoms with E-state index in [-0.39, 0.29) is 42.9 Å². The average Bonchev–Trinajstić information content (AvgIpc) is 3.32. The van der Waals surface area contributed by atoms with E-state index in [1.807, 2.05) is 51.1 Å². The summed E-state index contributed by atoms with van der Waals surface area (Å²) < 4.78 is 16.1. The first-order valence-corrected chi connectivity index (χ1v) is 13.1. The summed E-state index contributed by atoms with van der Waals surface area (Å²) in [6.45, 7) is 7.56. The molecule has 0 aliphatic rings. The van der Waals surface area contributed by atoms with Crippen LogP contribution in [0.5, 0.6) is 11.5 Å². The molecule has 214 valence electrons. The lowest BCUT2D eigenvalue weighted by atomic mass is 9.98. The van der Waals surface area contributed by atoms with E-state index in [2.05, 4.69) is 15.8 Å². The van der Waals surface area contributed by atoms with Crippen molar-refractivity contribution in [2.24, 2.45) is 0 Å². The lowest BCUT2D eigenvalue weighted by Crippen LogP contribution is -2.50. The molecule has 3 amide bonds. The average molecular weight is 551 g/mol. The number of aromatic nitrogens is 1. The van der Waals surface area contributed by atoms with Crippen molar-refractivity contribution in [2.45, 2.75) is 58.5 Å². The van der Waals surface area contributed by atoms with Crippen LogP contribution in [0.4, 0.5) is 5.82 Å². The highest BCUT2D eigenvalue weighted by molar-refractivity contribution is 5.94. The van der Waals surface area contributed by atoms with Crippen molar-refractivity contribution in [3.8, 4) is 11.5 Å². The van der Waals surface area contributed by atoms with Crippen molar-refractivity contribution in [3.63, 3.8) is 0 Å². The summed E-state index contributed by atoms with van der Waals surface area (Å²) in [6, 6.07) is 15.5. The fraction of sp³-hybridized carbons (Fsp3) is 0.400. The van der Waals surface area contributed by atoms with E-state index in [0.29, 0.717) is 29.2 Å². The Kier molecular flexibility index (Phi) is 10.3. The number of carbonyl (C=O) groups excluding carboxylic acids is 3. The second kappa shape index (κ2) is 13.6. The molecular weight excluding hydrogens is 512 g/mol. The maximum Gasteiger partial charge on any atom is 0.247 e. The van der Waals surface area contributed by atoms with Crippen LogP contribution in [0.15, 0.2) is 59.1 Å². The van der Waals surface area contributed by atoms with Crippen LogP contribution in [0.3, 0.4) is 0 Å². The van der Waals surface area contributed by atoms with E-state index in [1.165, 1.54) is 19.1 Å². The predicted octanol–water partition coefficient (Wildman–Crippen LogP) is 4.45. The number of hydrogen-bond donors (Lipinski definition) is 2. The number of anilines is 1. The number of amides is 3. The first kappa shape index (κ1) is 30.2. The van der Waals surface area contributed by atoms with E-state index >= 15 is 0 Å². The first-order chi connectivity index (χ1) is 19.0. The Labute approximate surface area is 235 Å². The van der Waals surface area contributed by atoms with Gasteiger partial charge in [-0.25, -0.2) is 0 Å². The zero-order chi connectivity index (χ0) is 29.3. The molecular formula is C30H38N4O6. The van der Waals surface area contributed by atoms with Crippen LogP contribution >= 0.6 is 0 Å². The number of rotatable bonds is 12. The maximum atomic E-state index is 13.9. The molecule has 0 radical (unpaired) electrons. The molecule has 2 aromatic carbocycles. The van der Waals surface area contributed by atoms with E-state index in [0.717, 1.165) is 5.56 Å². The summed E-state index contributed by atoms with van der Waals surface area (Å²) in [5.41, 5.74) is 0.921. The summed E-state index contributed by atoms with van der Waals surface area (Å²) in [5, 5.41) is 9.41. The van der Waals surface area contributed by atoms with Crippen molar-refractivity contribution in [3.05, 3.63) is 71.5 Å². The largest absolute Gasteiger partial charge is 0.493 e. The van der Waals surface area contributed by atoms with Gasteiger partial charge >= 0.3 is 0 Å². The third-order valence-electron chi connectivity index (χ3n) is 6.05. The standard InChI is InChI=1S/C30H38N4O6/c1-20-19-24(33-40-20)31-25(35)15-16-26(36)34(18-17-21-11-8-7-9-12-21)27(29(37)32-30(2,3)4)22-13-10-14-23(38-5)28(22)39-6/h7-14,19,27H,15-18H2,1-6H3,(H,32,37)(H,31,33,35)/t27-/m0/s1. The number of nitrogens with zero attached hydrogens (tertiary/aromatic N) is 2. The second-order valence-electron chi connectivity index (χ2n) is 10.4. The van der Waals surface area contributed by atoms with Gasteiger partial charge in [-0.05, 0) is 45.7 Å². The number of methoxy groups -OCH3 is 2. The molecule has 0 aliphatic carbocycles. The van der Waals surface area contributed by atoms with Crippen molar-refractivity contribution < 1.29 is 28.4 Å². The molecule has 2 N–H and O–H groups in total. The molecule has 0 spiro atoms. The van der Waals surface area contributed by atoms with Gasteiger partial charge in [0.2, 0.25) is 17.7 Å². The summed E-state index contributed by atoms with van der Waals surface area (Å²) >= 11 is 0. The lowest BCUT2D eigenvalue weighted by molar-refractivity contribution is -0.142. The van der Waals surface area contributed by atoms with Crippen LogP contribution in [0.1, 0.15) is 56.5 Å². The molecule has 0 bridgehead atoms. The minimum Gasteiger partial charge on any atom is -0.493 e. The Morgan fingerprint density at radius 2 is 1.73 bits per heavy atom. The number of para-hydroxylation sites is 1. The number of hydrogen-bond acceptors (Lipinski definition) is 7. The Morgan fingerprint density at radius 3 is 2.33 bits per heavy atom. The number of nitrogens with one attached hydrogen (secondary N) is 2. The van der Waals surface area contributed by atoms with Crippen LogP contribution in [0.2, 0.25) is 0 Å². The zero-order valence-corrected chi connectivity index (χ0v) is 23.9. The summed E-state index contributed by atoms with van der Waals surface area (Å²) in [7, 11) is 3.01. The van der Waals surface area contributed by atoms with Gasteiger partial charge in [-0.15, -0.1) is 0 Å². The fourth-order valence-corrected chi connectivity index (χ4v) is 4.30. The Bertz CT molecular complexity index is 1300. The Balaban J connectivity index is 1.97. The van der Waals surface area contributed by atoms with Crippen molar-refractivity contribution in [1.82, 2.24) is 15.4 Å².